The Bertz CT molecular complexity index is 360. The standard InChI is InChI=1S/C13H24N4O/c1-10(2)11(3)18-7-6-17-9-13(15-16-17)8-14-12-4-5-12/h9-12,14H,4-8H2,1-3H3. The van der Waals surface area contributed by atoms with E-state index in [0.29, 0.717) is 24.7 Å². The predicted molar refractivity (Wildman–Crippen MR) is 70.1 cm³/mol. The highest BCUT2D eigenvalue weighted by atomic mass is 16.5. The smallest absolute Gasteiger partial charge is 0.0964 e. The van der Waals surface area contributed by atoms with Crippen molar-refractivity contribution in [3.63, 3.8) is 0 Å². The zero-order valence-corrected chi connectivity index (χ0v) is 11.6. The van der Waals surface area contributed by atoms with E-state index in [1.165, 1.54) is 12.8 Å². The molecule has 18 heavy (non-hydrogen) atoms. The first-order valence-corrected chi connectivity index (χ1v) is 6.89. The van der Waals surface area contributed by atoms with Gasteiger partial charge in [-0.15, -0.1) is 5.10 Å². The first-order chi connectivity index (χ1) is 8.65. The molecule has 0 amide bonds. The summed E-state index contributed by atoms with van der Waals surface area (Å²) >= 11 is 0. The fraction of sp³-hybridized carbons (Fsp3) is 0.846. The summed E-state index contributed by atoms with van der Waals surface area (Å²) in [6.07, 6.45) is 4.90. The highest BCUT2D eigenvalue weighted by Gasteiger charge is 2.20. The third-order valence-corrected chi connectivity index (χ3v) is 3.38. The summed E-state index contributed by atoms with van der Waals surface area (Å²) < 4.78 is 7.58. The molecular weight excluding hydrogens is 228 g/mol. The highest BCUT2D eigenvalue weighted by Crippen LogP contribution is 2.18. The van der Waals surface area contributed by atoms with Crippen molar-refractivity contribution in [2.45, 2.75) is 58.8 Å². The van der Waals surface area contributed by atoms with Crippen LogP contribution in [0.2, 0.25) is 0 Å². The Morgan fingerprint density at radius 2 is 2.22 bits per heavy atom. The molecule has 1 atom stereocenters. The molecule has 0 radical (unpaired) electrons. The summed E-state index contributed by atoms with van der Waals surface area (Å²) in [6, 6.07) is 0.713. The normalized spacial score (nSPS) is 17.3. The number of hydrogen-bond acceptors (Lipinski definition) is 4. The lowest BCUT2D eigenvalue weighted by atomic mass is 10.1. The molecule has 0 bridgehead atoms. The Labute approximate surface area is 109 Å². The van der Waals surface area contributed by atoms with Crippen molar-refractivity contribution in [1.82, 2.24) is 20.3 Å². The second kappa shape index (κ2) is 6.29. The lowest BCUT2D eigenvalue weighted by Crippen LogP contribution is -2.18. The van der Waals surface area contributed by atoms with Crippen LogP contribution in [0, 0.1) is 5.92 Å². The maximum atomic E-state index is 5.72. The van der Waals surface area contributed by atoms with E-state index in [1.807, 2.05) is 10.9 Å². The first-order valence-electron chi connectivity index (χ1n) is 6.89. The van der Waals surface area contributed by atoms with Crippen molar-refractivity contribution in [2.75, 3.05) is 6.61 Å². The van der Waals surface area contributed by atoms with Gasteiger partial charge in [-0.25, -0.2) is 4.68 Å². The molecule has 5 heteroatoms. The Morgan fingerprint density at radius 1 is 1.44 bits per heavy atom. The molecular formula is C13H24N4O. The number of nitrogens with zero attached hydrogens (tertiary/aromatic N) is 3. The van der Waals surface area contributed by atoms with Crippen LogP contribution < -0.4 is 5.32 Å². The number of ether oxygens (including phenoxy) is 1. The van der Waals surface area contributed by atoms with Gasteiger partial charge < -0.3 is 10.1 Å². The number of hydrogen-bond donors (Lipinski definition) is 1. The molecule has 0 aliphatic heterocycles. The van der Waals surface area contributed by atoms with Gasteiger partial charge in [-0.2, -0.15) is 0 Å². The van der Waals surface area contributed by atoms with E-state index in [9.17, 15) is 0 Å². The van der Waals surface area contributed by atoms with Gasteiger partial charge in [0, 0.05) is 18.8 Å². The summed E-state index contributed by atoms with van der Waals surface area (Å²) in [5.41, 5.74) is 1.01. The molecule has 1 heterocycles. The fourth-order valence-electron chi connectivity index (χ4n) is 1.59. The molecule has 1 saturated carbocycles. The minimum atomic E-state index is 0.296. The van der Waals surface area contributed by atoms with Crippen LogP contribution in [0.3, 0.4) is 0 Å². The summed E-state index contributed by atoms with van der Waals surface area (Å²) in [5, 5.41) is 11.7. The van der Waals surface area contributed by atoms with E-state index in [2.05, 4.69) is 36.4 Å². The van der Waals surface area contributed by atoms with Crippen LogP contribution in [0.25, 0.3) is 0 Å². The Balaban J connectivity index is 1.66. The lowest BCUT2D eigenvalue weighted by Gasteiger charge is -2.16. The van der Waals surface area contributed by atoms with Gasteiger partial charge in [-0.05, 0) is 25.7 Å². The molecule has 1 N–H and O–H groups in total. The van der Waals surface area contributed by atoms with Crippen LogP contribution >= 0.6 is 0 Å². The molecule has 0 aromatic carbocycles. The summed E-state index contributed by atoms with van der Waals surface area (Å²) in [4.78, 5) is 0. The van der Waals surface area contributed by atoms with Gasteiger partial charge in [0.05, 0.1) is 24.9 Å². The largest absolute Gasteiger partial charge is 0.376 e. The van der Waals surface area contributed by atoms with Gasteiger partial charge in [-0.1, -0.05) is 19.1 Å². The highest BCUT2D eigenvalue weighted by molar-refractivity contribution is 4.94. The van der Waals surface area contributed by atoms with Gasteiger partial charge in [-0.3, -0.25) is 0 Å². The molecule has 1 fully saturated rings. The van der Waals surface area contributed by atoms with Crippen LogP contribution in [-0.4, -0.2) is 33.7 Å². The molecule has 1 aliphatic rings. The van der Waals surface area contributed by atoms with Crippen molar-refractivity contribution in [3.05, 3.63) is 11.9 Å². The van der Waals surface area contributed by atoms with E-state index < -0.39 is 0 Å². The number of nitrogens with one attached hydrogen (secondary N) is 1. The third-order valence-electron chi connectivity index (χ3n) is 3.38. The molecule has 2 rings (SSSR count). The molecule has 102 valence electrons. The van der Waals surface area contributed by atoms with Crippen molar-refractivity contribution in [1.29, 1.82) is 0 Å². The maximum absolute atomic E-state index is 5.72. The average Bonchev–Trinajstić information content (AvgIpc) is 3.06. The number of rotatable bonds is 8. The first kappa shape index (κ1) is 13.5. The second-order valence-electron chi connectivity index (χ2n) is 5.45. The molecule has 1 unspecified atom stereocenters. The van der Waals surface area contributed by atoms with E-state index >= 15 is 0 Å². The van der Waals surface area contributed by atoms with E-state index in [0.717, 1.165) is 18.8 Å². The van der Waals surface area contributed by atoms with Gasteiger partial charge in [0.15, 0.2) is 0 Å². The third kappa shape index (κ3) is 4.38. The topological polar surface area (TPSA) is 52.0 Å². The monoisotopic (exact) mass is 252 g/mol. The molecule has 0 saturated heterocycles. The van der Waals surface area contributed by atoms with E-state index in [-0.39, 0.29) is 0 Å². The molecule has 1 aliphatic carbocycles. The summed E-state index contributed by atoms with van der Waals surface area (Å²) in [5.74, 6) is 0.555. The predicted octanol–water partition coefficient (Wildman–Crippen LogP) is 1.59. The lowest BCUT2D eigenvalue weighted by molar-refractivity contribution is 0.0293. The van der Waals surface area contributed by atoms with E-state index in [1.54, 1.807) is 0 Å². The van der Waals surface area contributed by atoms with Crippen LogP contribution in [0.4, 0.5) is 0 Å². The van der Waals surface area contributed by atoms with Crippen LogP contribution in [0.5, 0.6) is 0 Å². The van der Waals surface area contributed by atoms with Crippen LogP contribution in [0.1, 0.15) is 39.3 Å². The quantitative estimate of drug-likeness (QED) is 0.763. The Kier molecular flexibility index (Phi) is 4.72. The second-order valence-corrected chi connectivity index (χ2v) is 5.45. The van der Waals surface area contributed by atoms with Gasteiger partial charge in [0.25, 0.3) is 0 Å². The zero-order valence-electron chi connectivity index (χ0n) is 11.6. The molecule has 1 aromatic heterocycles. The number of aromatic nitrogens is 3. The molecule has 1 aromatic rings. The van der Waals surface area contributed by atoms with Crippen molar-refractivity contribution < 1.29 is 4.74 Å². The molecule has 0 spiro atoms. The minimum Gasteiger partial charge on any atom is -0.376 e. The fourth-order valence-corrected chi connectivity index (χ4v) is 1.59. The van der Waals surface area contributed by atoms with Crippen LogP contribution in [-0.2, 0) is 17.8 Å². The summed E-state index contributed by atoms with van der Waals surface area (Å²) in [7, 11) is 0. The van der Waals surface area contributed by atoms with Crippen molar-refractivity contribution in [2.24, 2.45) is 5.92 Å². The summed E-state index contributed by atoms with van der Waals surface area (Å²) in [6.45, 7) is 8.74. The maximum Gasteiger partial charge on any atom is 0.0964 e. The van der Waals surface area contributed by atoms with Crippen LogP contribution in [0.15, 0.2) is 6.20 Å². The Morgan fingerprint density at radius 3 is 2.89 bits per heavy atom. The van der Waals surface area contributed by atoms with Gasteiger partial charge in [0.2, 0.25) is 0 Å². The Hall–Kier alpha value is -0.940. The average molecular weight is 252 g/mol. The minimum absolute atomic E-state index is 0.296. The van der Waals surface area contributed by atoms with Crippen molar-refractivity contribution in [3.8, 4) is 0 Å². The molecule has 5 nitrogen and oxygen atoms in total. The van der Waals surface area contributed by atoms with E-state index in [4.69, 9.17) is 4.74 Å². The van der Waals surface area contributed by atoms with Gasteiger partial charge in [0.1, 0.15) is 0 Å². The van der Waals surface area contributed by atoms with Gasteiger partial charge >= 0.3 is 0 Å². The SMILES string of the molecule is CC(C)C(C)OCCn1cc(CNC2CC2)nn1. The van der Waals surface area contributed by atoms with Crippen molar-refractivity contribution >= 4 is 0 Å². The zero-order chi connectivity index (χ0) is 13.0.